The number of carbonyl (C=O) groups excluding carboxylic acids is 2. The van der Waals surface area contributed by atoms with Crippen LogP contribution in [0.2, 0.25) is 0 Å². The summed E-state index contributed by atoms with van der Waals surface area (Å²) >= 11 is 1.10. The second kappa shape index (κ2) is 10.1. The number of ether oxygens (including phenoxy) is 3. The molecule has 0 aliphatic carbocycles. The highest BCUT2D eigenvalue weighted by atomic mass is 32.2. The predicted molar refractivity (Wildman–Crippen MR) is 115 cm³/mol. The highest BCUT2D eigenvalue weighted by Gasteiger charge is 2.49. The Labute approximate surface area is 185 Å². The molecule has 10 heteroatoms. The molecule has 3 rings (SSSR count). The Kier molecular flexibility index (Phi) is 7.71. The van der Waals surface area contributed by atoms with E-state index in [1.807, 2.05) is 30.3 Å². The summed E-state index contributed by atoms with van der Waals surface area (Å²) in [7, 11) is 0. The van der Waals surface area contributed by atoms with Gasteiger partial charge in [-0.3, -0.25) is 9.89 Å². The van der Waals surface area contributed by atoms with Gasteiger partial charge in [-0.05, 0) is 26.3 Å². The van der Waals surface area contributed by atoms with E-state index in [1.165, 1.54) is 4.90 Å². The van der Waals surface area contributed by atoms with E-state index >= 15 is 0 Å². The van der Waals surface area contributed by atoms with Crippen LogP contribution in [0.3, 0.4) is 0 Å². The Morgan fingerprint density at radius 2 is 1.97 bits per heavy atom. The van der Waals surface area contributed by atoms with E-state index in [0.29, 0.717) is 12.9 Å². The monoisotopic (exact) mass is 452 g/mol. The van der Waals surface area contributed by atoms with Gasteiger partial charge in [0.1, 0.15) is 35.4 Å². The molecule has 170 valence electrons. The van der Waals surface area contributed by atoms with Gasteiger partial charge in [-0.25, -0.2) is 4.79 Å². The van der Waals surface area contributed by atoms with Crippen LogP contribution in [-0.4, -0.2) is 81.2 Å². The predicted octanol–water partition coefficient (Wildman–Crippen LogP) is 1.56. The Bertz CT molecular complexity index is 799. The number of amides is 1. The summed E-state index contributed by atoms with van der Waals surface area (Å²) in [6.45, 7) is 6.07. The normalized spacial score (nSPS) is 27.9. The van der Waals surface area contributed by atoms with Gasteiger partial charge in [0.05, 0.1) is 19.8 Å². The number of nitrogens with zero attached hydrogens (tertiary/aromatic N) is 2. The lowest BCUT2D eigenvalue weighted by Crippen LogP contribution is -2.55. The van der Waals surface area contributed by atoms with Gasteiger partial charge < -0.3 is 29.2 Å². The van der Waals surface area contributed by atoms with Crippen molar-refractivity contribution in [3.63, 3.8) is 0 Å². The fourth-order valence-corrected chi connectivity index (χ4v) is 4.35. The molecule has 0 spiro atoms. The quantitative estimate of drug-likeness (QED) is 0.493. The molecule has 5 atom stereocenters. The van der Waals surface area contributed by atoms with Crippen molar-refractivity contribution in [3.8, 4) is 0 Å². The van der Waals surface area contributed by atoms with Gasteiger partial charge in [0, 0.05) is 0 Å². The number of fused-ring (bicyclic) bond motifs is 1. The van der Waals surface area contributed by atoms with E-state index in [0.717, 1.165) is 17.3 Å². The number of aliphatic hydroxyl groups excluding tert-OH is 2. The molecule has 1 fully saturated rings. The smallest absolute Gasteiger partial charge is 0.416 e. The van der Waals surface area contributed by atoms with Crippen LogP contribution in [0, 0.1) is 0 Å². The van der Waals surface area contributed by atoms with E-state index in [-0.39, 0.29) is 18.3 Å². The highest BCUT2D eigenvalue weighted by Crippen LogP contribution is 2.37. The van der Waals surface area contributed by atoms with Gasteiger partial charge in [-0.15, -0.1) is 0 Å². The number of aliphatic hydroxyl groups is 2. The minimum Gasteiger partial charge on any atom is -0.443 e. The van der Waals surface area contributed by atoms with Gasteiger partial charge in [0.15, 0.2) is 11.5 Å². The summed E-state index contributed by atoms with van der Waals surface area (Å²) in [5.41, 5.74) is -0.403. The van der Waals surface area contributed by atoms with E-state index in [2.05, 4.69) is 4.99 Å². The zero-order valence-corrected chi connectivity index (χ0v) is 18.5. The first-order chi connectivity index (χ1) is 14.7. The fourth-order valence-electron chi connectivity index (χ4n) is 3.12. The standard InChI is InChI=1S/C21H28N2O7S/c1-21(2,3)30-20(27)23(9-10-28-12-13-7-5-4-6-8-13)19-22-15-17(26)16(25)14(11-24)29-18(15)31-19/h4-8,11,14-18,25-26H,9-10,12H2,1-3H3. The fraction of sp³-hybridized carbons (Fsp3) is 0.571. The van der Waals surface area contributed by atoms with Crippen molar-refractivity contribution in [3.05, 3.63) is 35.9 Å². The van der Waals surface area contributed by atoms with E-state index < -0.39 is 41.5 Å². The first kappa shape index (κ1) is 23.7. The van der Waals surface area contributed by atoms with Crippen molar-refractivity contribution in [1.29, 1.82) is 0 Å². The first-order valence-electron chi connectivity index (χ1n) is 10.0. The number of benzene rings is 1. The zero-order chi connectivity index (χ0) is 22.6. The molecule has 9 nitrogen and oxygen atoms in total. The van der Waals surface area contributed by atoms with Gasteiger partial charge in [-0.2, -0.15) is 0 Å². The molecule has 0 radical (unpaired) electrons. The van der Waals surface area contributed by atoms with Crippen molar-refractivity contribution in [2.24, 2.45) is 4.99 Å². The summed E-state index contributed by atoms with van der Waals surface area (Å²) in [5.74, 6) is 0. The molecule has 1 saturated heterocycles. The molecule has 0 aromatic heterocycles. The minimum absolute atomic E-state index is 0.169. The summed E-state index contributed by atoms with van der Waals surface area (Å²) in [6.07, 6.45) is -3.98. The molecule has 2 aliphatic heterocycles. The SMILES string of the molecule is CC(C)(C)OC(=O)N(CCOCc1ccccc1)C1=NC2C(OC(C=O)C(O)C2O)S1. The molecule has 1 amide bonds. The van der Waals surface area contributed by atoms with Crippen molar-refractivity contribution >= 4 is 29.3 Å². The van der Waals surface area contributed by atoms with Crippen molar-refractivity contribution in [2.45, 2.75) is 62.8 Å². The zero-order valence-electron chi connectivity index (χ0n) is 17.7. The Morgan fingerprint density at radius 3 is 2.61 bits per heavy atom. The molecule has 2 N–H and O–H groups in total. The van der Waals surface area contributed by atoms with Gasteiger partial charge >= 0.3 is 6.09 Å². The number of carbonyl (C=O) groups is 2. The summed E-state index contributed by atoms with van der Waals surface area (Å²) in [4.78, 5) is 29.7. The maximum absolute atomic E-state index is 12.8. The average Bonchev–Trinajstić information content (AvgIpc) is 3.13. The molecule has 0 bridgehead atoms. The third kappa shape index (κ3) is 6.05. The number of aldehydes is 1. The number of amidine groups is 1. The second-order valence-electron chi connectivity index (χ2n) is 8.28. The first-order valence-corrected chi connectivity index (χ1v) is 10.9. The third-order valence-electron chi connectivity index (χ3n) is 4.64. The average molecular weight is 453 g/mol. The molecular formula is C21H28N2O7S. The van der Waals surface area contributed by atoms with Crippen molar-refractivity contribution < 1.29 is 34.0 Å². The van der Waals surface area contributed by atoms with Gasteiger partial charge in [0.25, 0.3) is 0 Å². The Morgan fingerprint density at radius 1 is 1.26 bits per heavy atom. The van der Waals surface area contributed by atoms with Crippen LogP contribution < -0.4 is 0 Å². The van der Waals surface area contributed by atoms with Crippen molar-refractivity contribution in [2.75, 3.05) is 13.2 Å². The maximum Gasteiger partial charge on any atom is 0.416 e. The summed E-state index contributed by atoms with van der Waals surface area (Å²) in [5, 5.41) is 20.7. The molecule has 31 heavy (non-hydrogen) atoms. The topological polar surface area (TPSA) is 118 Å². The lowest BCUT2D eigenvalue weighted by Gasteiger charge is -2.35. The number of hydrogen-bond acceptors (Lipinski definition) is 9. The van der Waals surface area contributed by atoms with Gasteiger partial charge in [0.2, 0.25) is 0 Å². The Hall–Kier alpha value is -1.98. The highest BCUT2D eigenvalue weighted by molar-refractivity contribution is 8.14. The van der Waals surface area contributed by atoms with Crippen LogP contribution in [0.25, 0.3) is 0 Å². The van der Waals surface area contributed by atoms with Crippen LogP contribution in [0.15, 0.2) is 35.3 Å². The van der Waals surface area contributed by atoms with Crippen LogP contribution in [0.4, 0.5) is 4.79 Å². The molecule has 2 heterocycles. The number of thioether (sulfide) groups is 1. The molecule has 1 aromatic carbocycles. The molecule has 2 aliphatic rings. The molecule has 5 unspecified atom stereocenters. The maximum atomic E-state index is 12.8. The largest absolute Gasteiger partial charge is 0.443 e. The van der Waals surface area contributed by atoms with Crippen LogP contribution >= 0.6 is 11.8 Å². The van der Waals surface area contributed by atoms with Gasteiger partial charge in [-0.1, -0.05) is 42.1 Å². The summed E-state index contributed by atoms with van der Waals surface area (Å²) < 4.78 is 16.7. The Balaban J connectivity index is 1.69. The van der Waals surface area contributed by atoms with Crippen LogP contribution in [-0.2, 0) is 25.6 Å². The van der Waals surface area contributed by atoms with Crippen molar-refractivity contribution in [1.82, 2.24) is 4.90 Å². The van der Waals surface area contributed by atoms with Crippen LogP contribution in [0.5, 0.6) is 0 Å². The second-order valence-corrected chi connectivity index (χ2v) is 9.34. The number of rotatable bonds is 6. The molecule has 1 aromatic rings. The van der Waals surface area contributed by atoms with E-state index in [1.54, 1.807) is 20.8 Å². The van der Waals surface area contributed by atoms with Crippen LogP contribution in [0.1, 0.15) is 26.3 Å². The molecular weight excluding hydrogens is 424 g/mol. The minimum atomic E-state index is -1.38. The number of hydrogen-bond donors (Lipinski definition) is 2. The number of aliphatic imine (C=N–C) groups is 1. The lowest BCUT2D eigenvalue weighted by atomic mass is 9.99. The third-order valence-corrected chi connectivity index (χ3v) is 5.80. The lowest BCUT2D eigenvalue weighted by molar-refractivity contribution is -0.159. The summed E-state index contributed by atoms with van der Waals surface area (Å²) in [6, 6.07) is 8.85. The van der Waals surface area contributed by atoms with E-state index in [4.69, 9.17) is 14.2 Å². The molecule has 0 saturated carbocycles. The van der Waals surface area contributed by atoms with E-state index in [9.17, 15) is 19.8 Å².